The van der Waals surface area contributed by atoms with E-state index in [2.05, 4.69) is 16.0 Å². The summed E-state index contributed by atoms with van der Waals surface area (Å²) in [6.45, 7) is 0.593. The second-order valence-corrected chi connectivity index (χ2v) is 11.9. The number of allylic oxidation sites excluding steroid dienone is 1. The lowest BCUT2D eigenvalue weighted by atomic mass is 10.0. The fraction of sp³-hybridized carbons (Fsp3) is 0.857. The molecule has 2 rings (SSSR count). The van der Waals surface area contributed by atoms with Crippen LogP contribution in [0.5, 0.6) is 0 Å². The van der Waals surface area contributed by atoms with Crippen LogP contribution in [0.2, 0.25) is 0 Å². The maximum Gasteiger partial charge on any atom is 0.315 e. The molecule has 3 amide bonds. The third-order valence-electron chi connectivity index (χ3n) is 7.43. The minimum absolute atomic E-state index is 0.0343. The number of fused-ring (bicyclic) bond motifs is 1. The van der Waals surface area contributed by atoms with Gasteiger partial charge in [-0.1, -0.05) is 76.4 Å². The molecule has 2 fully saturated rings. The molecule has 0 aromatic rings. The third-order valence-corrected chi connectivity index (χ3v) is 8.94. The van der Waals surface area contributed by atoms with Crippen molar-refractivity contribution >= 4 is 23.7 Å². The molecule has 0 aromatic heterocycles. The summed E-state index contributed by atoms with van der Waals surface area (Å²) < 4.78 is 0. The summed E-state index contributed by atoms with van der Waals surface area (Å²) in [5, 5.41) is 28.1. The Morgan fingerprint density at radius 1 is 1.00 bits per heavy atom. The fourth-order valence-electron chi connectivity index (χ4n) is 5.05. The van der Waals surface area contributed by atoms with Crippen LogP contribution in [-0.2, 0) is 4.79 Å². The van der Waals surface area contributed by atoms with Gasteiger partial charge in [0.1, 0.15) is 0 Å². The minimum Gasteiger partial charge on any atom is -0.395 e. The van der Waals surface area contributed by atoms with Gasteiger partial charge in [0, 0.05) is 24.0 Å². The average molecular weight is 541 g/mol. The minimum atomic E-state index is -0.753. The summed E-state index contributed by atoms with van der Waals surface area (Å²) in [7, 11) is 0. The summed E-state index contributed by atoms with van der Waals surface area (Å²) in [6.07, 6.45) is 21.1. The highest BCUT2D eigenvalue weighted by Gasteiger charge is 2.42. The summed E-state index contributed by atoms with van der Waals surface area (Å²) in [6, 6.07) is -0.0816. The Bertz CT molecular complexity index is 666. The second-order valence-electron chi connectivity index (χ2n) is 10.7. The van der Waals surface area contributed by atoms with Crippen molar-refractivity contribution in [3.63, 3.8) is 0 Å². The van der Waals surface area contributed by atoms with Crippen molar-refractivity contribution in [3.05, 3.63) is 12.2 Å². The second kappa shape index (κ2) is 19.7. The number of unbranched alkanes of at least 4 members (excludes halogenated alkanes) is 12. The zero-order valence-electron chi connectivity index (χ0n) is 22.7. The summed E-state index contributed by atoms with van der Waals surface area (Å²) in [5.74, 6) is 1.16. The van der Waals surface area contributed by atoms with Gasteiger partial charge in [-0.2, -0.15) is 11.8 Å². The molecule has 5 unspecified atom stereocenters. The van der Waals surface area contributed by atoms with E-state index < -0.39 is 12.1 Å². The predicted octanol–water partition coefficient (Wildman–Crippen LogP) is 3.75. The van der Waals surface area contributed by atoms with Gasteiger partial charge < -0.3 is 31.9 Å². The number of carbonyl (C=O) groups excluding carboxylic acids is 2. The largest absolute Gasteiger partial charge is 0.395 e. The first kappa shape index (κ1) is 31.9. The lowest BCUT2D eigenvalue weighted by Gasteiger charge is -2.16. The molecule has 0 aromatic carbocycles. The van der Waals surface area contributed by atoms with Crippen LogP contribution < -0.4 is 21.7 Å². The third kappa shape index (κ3) is 13.9. The van der Waals surface area contributed by atoms with Crippen molar-refractivity contribution < 1.29 is 19.8 Å². The van der Waals surface area contributed by atoms with Gasteiger partial charge in [-0.3, -0.25) is 4.79 Å². The van der Waals surface area contributed by atoms with E-state index in [-0.39, 0.29) is 30.6 Å². The molecule has 0 radical (unpaired) electrons. The van der Waals surface area contributed by atoms with Crippen molar-refractivity contribution in [1.29, 1.82) is 0 Å². The highest BCUT2D eigenvalue weighted by molar-refractivity contribution is 8.00. The number of nitrogens with two attached hydrogens (primary N) is 1. The Morgan fingerprint density at radius 2 is 1.65 bits per heavy atom. The number of urea groups is 1. The lowest BCUT2D eigenvalue weighted by Crippen LogP contribution is -2.36. The van der Waals surface area contributed by atoms with Crippen LogP contribution >= 0.6 is 11.8 Å². The Kier molecular flexibility index (Phi) is 17.0. The Balaban J connectivity index is 1.27. The molecule has 37 heavy (non-hydrogen) atoms. The number of aliphatic hydroxyl groups is 2. The molecule has 0 spiro atoms. The smallest absolute Gasteiger partial charge is 0.315 e. The van der Waals surface area contributed by atoms with Gasteiger partial charge in [-0.15, -0.1) is 0 Å². The quantitative estimate of drug-likeness (QED) is 0.0703. The lowest BCUT2D eigenvalue weighted by molar-refractivity contribution is -0.121. The Morgan fingerprint density at radius 3 is 2.32 bits per heavy atom. The molecule has 2 aliphatic rings. The number of hydrogen-bond acceptors (Lipinski definition) is 6. The van der Waals surface area contributed by atoms with E-state index in [1.807, 2.05) is 17.8 Å². The van der Waals surface area contributed by atoms with Crippen LogP contribution in [0.4, 0.5) is 4.79 Å². The number of carbonyl (C=O) groups is 2. The van der Waals surface area contributed by atoms with Gasteiger partial charge in [-0.05, 0) is 32.1 Å². The molecule has 2 saturated heterocycles. The van der Waals surface area contributed by atoms with Gasteiger partial charge in [-0.25, -0.2) is 4.79 Å². The van der Waals surface area contributed by atoms with Gasteiger partial charge >= 0.3 is 6.03 Å². The van der Waals surface area contributed by atoms with Crippen LogP contribution in [0.15, 0.2) is 12.2 Å². The summed E-state index contributed by atoms with van der Waals surface area (Å²) in [5.41, 5.74) is 5.56. The SMILES string of the molecule is NC(CO)C(O)/C=C/CCCCCCCCCCCCCNC(=O)CCCCC1SCC2NC(=O)NC21. The van der Waals surface area contributed by atoms with E-state index in [1.165, 1.54) is 57.8 Å². The standard InChI is InChI=1S/C28H52N4O4S/c29-22(20-33)24(34)16-12-10-8-6-4-2-1-3-5-7-9-11-15-19-30-26(35)18-14-13-17-25-27-23(21-37-25)31-28(36)32-27/h12,16,22-25,27,33-34H,1-11,13-15,17-21,29H2,(H,30,35)(H2,31,32,36)/b16-12+. The highest BCUT2D eigenvalue weighted by Crippen LogP contribution is 2.33. The van der Waals surface area contributed by atoms with Crippen LogP contribution in [-0.4, -0.2) is 70.5 Å². The maximum absolute atomic E-state index is 12.1. The molecular formula is C28H52N4O4S. The molecule has 5 atom stereocenters. The van der Waals surface area contributed by atoms with Gasteiger partial charge in [0.15, 0.2) is 0 Å². The van der Waals surface area contributed by atoms with Crippen molar-refractivity contribution in [1.82, 2.24) is 16.0 Å². The molecule has 0 saturated carbocycles. The summed E-state index contributed by atoms with van der Waals surface area (Å²) >= 11 is 1.93. The predicted molar refractivity (Wildman–Crippen MR) is 153 cm³/mol. The molecule has 214 valence electrons. The van der Waals surface area contributed by atoms with Crippen LogP contribution in [0, 0.1) is 0 Å². The fourth-order valence-corrected chi connectivity index (χ4v) is 6.60. The van der Waals surface area contributed by atoms with Crippen LogP contribution in [0.3, 0.4) is 0 Å². The molecule has 2 heterocycles. The van der Waals surface area contributed by atoms with E-state index in [1.54, 1.807) is 6.08 Å². The van der Waals surface area contributed by atoms with Gasteiger partial charge in [0.05, 0.1) is 30.8 Å². The zero-order chi connectivity index (χ0) is 26.7. The molecule has 0 aliphatic carbocycles. The first-order chi connectivity index (χ1) is 18.0. The molecular weight excluding hydrogens is 488 g/mol. The zero-order valence-corrected chi connectivity index (χ0v) is 23.5. The Labute approximate surface area is 228 Å². The van der Waals surface area contributed by atoms with Crippen molar-refractivity contribution in [2.75, 3.05) is 18.9 Å². The molecule has 2 aliphatic heterocycles. The van der Waals surface area contributed by atoms with E-state index in [0.29, 0.717) is 11.7 Å². The van der Waals surface area contributed by atoms with Gasteiger partial charge in [0.25, 0.3) is 0 Å². The number of thioether (sulfide) groups is 1. The van der Waals surface area contributed by atoms with E-state index in [9.17, 15) is 14.7 Å². The number of amides is 3. The molecule has 9 heteroatoms. The Hall–Kier alpha value is -1.29. The van der Waals surface area contributed by atoms with Crippen molar-refractivity contribution in [2.45, 2.75) is 132 Å². The number of rotatable bonds is 22. The normalized spacial score (nSPS) is 22.6. The summed E-state index contributed by atoms with van der Waals surface area (Å²) in [4.78, 5) is 23.5. The topological polar surface area (TPSA) is 137 Å². The van der Waals surface area contributed by atoms with Crippen LogP contribution in [0.1, 0.15) is 103 Å². The molecule has 0 bridgehead atoms. The number of hydrogen-bond donors (Lipinski definition) is 6. The first-order valence-corrected chi connectivity index (χ1v) is 15.7. The monoisotopic (exact) mass is 540 g/mol. The van der Waals surface area contributed by atoms with E-state index in [4.69, 9.17) is 10.8 Å². The molecule has 8 nitrogen and oxygen atoms in total. The number of nitrogens with one attached hydrogen (secondary N) is 3. The molecule has 7 N–H and O–H groups in total. The highest BCUT2D eigenvalue weighted by atomic mass is 32.2. The van der Waals surface area contributed by atoms with Crippen molar-refractivity contribution in [2.24, 2.45) is 5.73 Å². The first-order valence-electron chi connectivity index (χ1n) is 14.7. The van der Waals surface area contributed by atoms with Crippen molar-refractivity contribution in [3.8, 4) is 0 Å². The average Bonchev–Trinajstić information content (AvgIpc) is 3.44. The van der Waals surface area contributed by atoms with Crippen LogP contribution in [0.25, 0.3) is 0 Å². The van der Waals surface area contributed by atoms with E-state index >= 15 is 0 Å². The number of aliphatic hydroxyl groups excluding tert-OH is 2. The van der Waals surface area contributed by atoms with Gasteiger partial charge in [0.2, 0.25) is 5.91 Å². The van der Waals surface area contributed by atoms with E-state index in [0.717, 1.165) is 50.8 Å². The maximum atomic E-state index is 12.1.